The minimum absolute atomic E-state index is 0.150. The summed E-state index contributed by atoms with van der Waals surface area (Å²) in [4.78, 5) is 24.8. The average Bonchev–Trinajstić information content (AvgIpc) is 2.67. The van der Waals surface area contributed by atoms with Gasteiger partial charge in [0.2, 0.25) is 0 Å². The van der Waals surface area contributed by atoms with Crippen molar-refractivity contribution in [2.24, 2.45) is 5.92 Å². The quantitative estimate of drug-likeness (QED) is 0.724. The van der Waals surface area contributed by atoms with Gasteiger partial charge in [0.15, 0.2) is 0 Å². The van der Waals surface area contributed by atoms with E-state index in [0.29, 0.717) is 23.7 Å². The van der Waals surface area contributed by atoms with Crippen molar-refractivity contribution in [3.8, 4) is 0 Å². The van der Waals surface area contributed by atoms with E-state index in [9.17, 15) is 9.59 Å². The van der Waals surface area contributed by atoms with Crippen LogP contribution in [0.5, 0.6) is 0 Å². The van der Waals surface area contributed by atoms with Gasteiger partial charge in [0.1, 0.15) is 10.8 Å². The molecular formula is C12H16Cl2N2O3. The lowest BCUT2D eigenvalue weighted by Gasteiger charge is -2.10. The number of carboxylic acids is 1. The number of H-pyrrole nitrogens is 1. The lowest BCUT2D eigenvalue weighted by molar-refractivity contribution is -0.137. The second kappa shape index (κ2) is 7.40. The number of nitrogens with one attached hydrogen (secondary N) is 2. The Labute approximate surface area is 121 Å². The predicted molar refractivity (Wildman–Crippen MR) is 73.8 cm³/mol. The van der Waals surface area contributed by atoms with Crippen molar-refractivity contribution in [2.45, 2.75) is 26.2 Å². The van der Waals surface area contributed by atoms with Crippen LogP contribution >= 0.6 is 23.2 Å². The van der Waals surface area contributed by atoms with Crippen molar-refractivity contribution in [1.29, 1.82) is 0 Å². The number of aromatic amines is 1. The second-order valence-electron chi connectivity index (χ2n) is 4.43. The summed E-state index contributed by atoms with van der Waals surface area (Å²) >= 11 is 11.4. The van der Waals surface area contributed by atoms with Crippen LogP contribution in [0.3, 0.4) is 0 Å². The van der Waals surface area contributed by atoms with Crippen LogP contribution in [0.15, 0.2) is 6.07 Å². The van der Waals surface area contributed by atoms with Crippen LogP contribution in [0.1, 0.15) is 36.7 Å². The number of aromatic nitrogens is 1. The van der Waals surface area contributed by atoms with Crippen molar-refractivity contribution >= 4 is 35.1 Å². The molecule has 0 saturated carbocycles. The Morgan fingerprint density at radius 2 is 2.11 bits per heavy atom. The molecule has 3 N–H and O–H groups in total. The van der Waals surface area contributed by atoms with Crippen LogP contribution < -0.4 is 5.32 Å². The summed E-state index contributed by atoms with van der Waals surface area (Å²) in [5.74, 6) is -0.835. The predicted octanol–water partition coefficient (Wildman–Crippen LogP) is 2.94. The molecule has 19 heavy (non-hydrogen) atoms. The fraction of sp³-hybridized carbons (Fsp3) is 0.500. The van der Waals surface area contributed by atoms with Gasteiger partial charge >= 0.3 is 5.97 Å². The van der Waals surface area contributed by atoms with Gasteiger partial charge in [0.05, 0.1) is 5.02 Å². The highest BCUT2D eigenvalue weighted by Crippen LogP contribution is 2.21. The van der Waals surface area contributed by atoms with Crippen molar-refractivity contribution in [2.75, 3.05) is 6.54 Å². The van der Waals surface area contributed by atoms with Crippen LogP contribution in [0, 0.1) is 5.92 Å². The number of hydrogen-bond acceptors (Lipinski definition) is 2. The number of rotatable bonds is 7. The molecule has 0 bridgehead atoms. The molecule has 0 aliphatic carbocycles. The smallest absolute Gasteiger partial charge is 0.303 e. The van der Waals surface area contributed by atoms with E-state index in [4.69, 9.17) is 28.3 Å². The van der Waals surface area contributed by atoms with Crippen molar-refractivity contribution < 1.29 is 14.7 Å². The van der Waals surface area contributed by atoms with E-state index in [-0.39, 0.29) is 23.4 Å². The Morgan fingerprint density at radius 1 is 1.42 bits per heavy atom. The van der Waals surface area contributed by atoms with Crippen LogP contribution in [-0.2, 0) is 4.79 Å². The Kier molecular flexibility index (Phi) is 6.18. The Balaban J connectivity index is 2.29. The van der Waals surface area contributed by atoms with Crippen molar-refractivity contribution in [3.63, 3.8) is 0 Å². The van der Waals surface area contributed by atoms with Gasteiger partial charge in [-0.05, 0) is 24.8 Å². The summed E-state index contributed by atoms with van der Waals surface area (Å²) < 4.78 is 0. The first kappa shape index (κ1) is 15.9. The van der Waals surface area contributed by atoms with Gasteiger partial charge in [0, 0.05) is 13.0 Å². The van der Waals surface area contributed by atoms with E-state index in [2.05, 4.69) is 10.3 Å². The Hall–Kier alpha value is -1.20. The van der Waals surface area contributed by atoms with Crippen LogP contribution in [0.2, 0.25) is 10.2 Å². The third kappa shape index (κ3) is 5.53. The van der Waals surface area contributed by atoms with Gasteiger partial charge in [0.25, 0.3) is 5.91 Å². The van der Waals surface area contributed by atoms with Gasteiger partial charge < -0.3 is 15.4 Å². The lowest BCUT2D eigenvalue weighted by atomic mass is 10.0. The highest BCUT2D eigenvalue weighted by atomic mass is 35.5. The van der Waals surface area contributed by atoms with Crippen LogP contribution in [0.25, 0.3) is 0 Å². The van der Waals surface area contributed by atoms with E-state index in [1.165, 1.54) is 6.07 Å². The number of carbonyl (C=O) groups excluding carboxylic acids is 1. The summed E-state index contributed by atoms with van der Waals surface area (Å²) in [6.07, 6.45) is 1.48. The highest BCUT2D eigenvalue weighted by Gasteiger charge is 2.12. The van der Waals surface area contributed by atoms with Gasteiger partial charge in [-0.15, -0.1) is 0 Å². The van der Waals surface area contributed by atoms with Crippen molar-refractivity contribution in [3.05, 3.63) is 21.9 Å². The van der Waals surface area contributed by atoms with E-state index in [0.717, 1.165) is 6.42 Å². The molecule has 7 heteroatoms. The number of hydrogen-bond donors (Lipinski definition) is 3. The summed E-state index contributed by atoms with van der Waals surface area (Å²) in [7, 11) is 0. The molecule has 0 radical (unpaired) electrons. The zero-order chi connectivity index (χ0) is 14.4. The number of carboxylic acid groups (broad SMARTS) is 1. The zero-order valence-corrected chi connectivity index (χ0v) is 12.0. The normalized spacial score (nSPS) is 12.2. The molecule has 0 fully saturated rings. The standard InChI is InChI=1S/C12H16Cl2N2O3/c1-7(2-3-10(17)18)4-5-15-12(19)9-6-8(13)11(14)16-9/h6-7,16H,2-5H2,1H3,(H,15,19)(H,17,18). The first-order valence-corrected chi connectivity index (χ1v) is 6.69. The summed E-state index contributed by atoms with van der Waals surface area (Å²) in [5, 5.41) is 11.8. The first-order valence-electron chi connectivity index (χ1n) is 5.94. The van der Waals surface area contributed by atoms with Crippen molar-refractivity contribution in [1.82, 2.24) is 10.3 Å². The molecule has 1 aromatic rings. The van der Waals surface area contributed by atoms with Gasteiger partial charge in [-0.3, -0.25) is 9.59 Å². The van der Waals surface area contributed by atoms with E-state index >= 15 is 0 Å². The van der Waals surface area contributed by atoms with Gasteiger partial charge in [-0.25, -0.2) is 0 Å². The summed E-state index contributed by atoms with van der Waals surface area (Å²) in [5.41, 5.74) is 0.313. The molecule has 1 amide bonds. The number of halogens is 2. The third-order valence-corrected chi connectivity index (χ3v) is 3.44. The van der Waals surface area contributed by atoms with Gasteiger partial charge in [-0.2, -0.15) is 0 Å². The molecule has 1 heterocycles. The van der Waals surface area contributed by atoms with E-state index in [1.54, 1.807) is 0 Å². The Morgan fingerprint density at radius 3 is 2.63 bits per heavy atom. The molecule has 1 rings (SSSR count). The molecule has 1 atom stereocenters. The minimum atomic E-state index is -0.799. The molecule has 0 spiro atoms. The largest absolute Gasteiger partial charge is 0.481 e. The molecule has 0 aromatic carbocycles. The van der Waals surface area contributed by atoms with E-state index in [1.807, 2.05) is 6.92 Å². The first-order chi connectivity index (χ1) is 8.90. The Bertz CT molecular complexity index is 440. The van der Waals surface area contributed by atoms with Crippen LogP contribution in [-0.4, -0.2) is 28.5 Å². The third-order valence-electron chi connectivity index (χ3n) is 2.74. The molecule has 0 saturated heterocycles. The highest BCUT2D eigenvalue weighted by molar-refractivity contribution is 6.41. The average molecular weight is 307 g/mol. The topological polar surface area (TPSA) is 82.2 Å². The lowest BCUT2D eigenvalue weighted by Crippen LogP contribution is -2.26. The SMILES string of the molecule is CC(CCNC(=O)c1cc(Cl)c(Cl)[nH]1)CCC(=O)O. The monoisotopic (exact) mass is 306 g/mol. The second-order valence-corrected chi connectivity index (χ2v) is 5.21. The summed E-state index contributed by atoms with van der Waals surface area (Å²) in [6, 6.07) is 1.47. The number of aliphatic carboxylic acids is 1. The maximum Gasteiger partial charge on any atom is 0.303 e. The molecule has 106 valence electrons. The van der Waals surface area contributed by atoms with Gasteiger partial charge in [-0.1, -0.05) is 30.1 Å². The minimum Gasteiger partial charge on any atom is -0.481 e. The number of carbonyl (C=O) groups is 2. The molecule has 1 aromatic heterocycles. The molecule has 0 aliphatic rings. The van der Waals surface area contributed by atoms with Crippen LogP contribution in [0.4, 0.5) is 0 Å². The fourth-order valence-electron chi connectivity index (χ4n) is 1.57. The zero-order valence-electron chi connectivity index (χ0n) is 10.5. The number of amides is 1. The fourth-order valence-corrected chi connectivity index (χ4v) is 1.88. The molecule has 0 aliphatic heterocycles. The molecular weight excluding hydrogens is 291 g/mol. The molecule has 5 nitrogen and oxygen atoms in total. The maximum absolute atomic E-state index is 11.7. The molecule has 1 unspecified atom stereocenters. The maximum atomic E-state index is 11.7. The van der Waals surface area contributed by atoms with E-state index < -0.39 is 5.97 Å². The summed E-state index contributed by atoms with van der Waals surface area (Å²) in [6.45, 7) is 2.44.